The summed E-state index contributed by atoms with van der Waals surface area (Å²) in [6.45, 7) is 0.274. The van der Waals surface area contributed by atoms with Crippen LogP contribution in [-0.2, 0) is 16.1 Å². The smallest absolute Gasteiger partial charge is 0.240 e. The molecular formula is C18H15Cl3N2O2. The average Bonchev–Trinajstić information content (AvgIpc) is 3.34. The van der Waals surface area contributed by atoms with E-state index in [0.717, 1.165) is 5.56 Å². The largest absolute Gasteiger partial charge is 0.351 e. The second-order valence-corrected chi connectivity index (χ2v) is 7.25. The van der Waals surface area contributed by atoms with Crippen LogP contribution in [0.4, 0.5) is 5.69 Å². The number of hydrogen-bond acceptors (Lipinski definition) is 2. The lowest BCUT2D eigenvalue weighted by Gasteiger charge is -2.16. The number of rotatable bonds is 5. The minimum absolute atomic E-state index is 0.274. The van der Waals surface area contributed by atoms with E-state index < -0.39 is 5.41 Å². The van der Waals surface area contributed by atoms with Crippen molar-refractivity contribution in [2.24, 2.45) is 5.41 Å². The van der Waals surface area contributed by atoms with Crippen LogP contribution in [0.2, 0.25) is 15.1 Å². The van der Waals surface area contributed by atoms with E-state index in [1.807, 2.05) is 18.2 Å². The molecule has 1 aliphatic carbocycles. The molecule has 0 saturated heterocycles. The molecule has 7 heteroatoms. The molecule has 0 spiro atoms. The van der Waals surface area contributed by atoms with Gasteiger partial charge in [0.05, 0.1) is 0 Å². The van der Waals surface area contributed by atoms with Crippen molar-refractivity contribution in [3.05, 3.63) is 63.1 Å². The third-order valence-corrected chi connectivity index (χ3v) is 4.94. The maximum atomic E-state index is 12.6. The lowest BCUT2D eigenvalue weighted by molar-refractivity contribution is -0.134. The first-order valence-electron chi connectivity index (χ1n) is 7.70. The molecule has 130 valence electrons. The summed E-state index contributed by atoms with van der Waals surface area (Å²) in [5, 5.41) is 6.92. The van der Waals surface area contributed by atoms with Gasteiger partial charge in [0.15, 0.2) is 0 Å². The fourth-order valence-corrected chi connectivity index (χ4v) is 3.27. The van der Waals surface area contributed by atoms with Gasteiger partial charge in [-0.3, -0.25) is 9.59 Å². The lowest BCUT2D eigenvalue weighted by Crippen LogP contribution is -2.39. The Balaban J connectivity index is 1.65. The van der Waals surface area contributed by atoms with Crippen molar-refractivity contribution in [1.29, 1.82) is 0 Å². The molecule has 1 aliphatic rings. The number of halogens is 3. The standard InChI is InChI=1S/C18H15Cl3N2O2/c19-12-7-13(20)9-14(8-12)23-17(25)18(5-6-18)16(24)22-10-11-3-1-2-4-15(11)21/h1-4,7-9H,5-6,10H2,(H,22,24)(H,23,25). The minimum atomic E-state index is -1.05. The molecular weight excluding hydrogens is 383 g/mol. The molecule has 0 bridgehead atoms. The topological polar surface area (TPSA) is 58.2 Å². The Kier molecular flexibility index (Phi) is 5.23. The summed E-state index contributed by atoms with van der Waals surface area (Å²) in [6.07, 6.45) is 1.00. The molecule has 25 heavy (non-hydrogen) atoms. The van der Waals surface area contributed by atoms with E-state index >= 15 is 0 Å². The second-order valence-electron chi connectivity index (χ2n) is 5.97. The van der Waals surface area contributed by atoms with Gasteiger partial charge in [0.2, 0.25) is 11.8 Å². The van der Waals surface area contributed by atoms with E-state index in [2.05, 4.69) is 10.6 Å². The maximum Gasteiger partial charge on any atom is 0.240 e. The first-order chi connectivity index (χ1) is 11.9. The van der Waals surface area contributed by atoms with Crippen molar-refractivity contribution in [3.8, 4) is 0 Å². The Morgan fingerprint density at radius 3 is 2.20 bits per heavy atom. The van der Waals surface area contributed by atoms with Crippen LogP contribution in [-0.4, -0.2) is 11.8 Å². The molecule has 2 N–H and O–H groups in total. The monoisotopic (exact) mass is 396 g/mol. The van der Waals surface area contributed by atoms with Gasteiger partial charge in [-0.25, -0.2) is 0 Å². The molecule has 1 saturated carbocycles. The zero-order valence-electron chi connectivity index (χ0n) is 13.1. The normalized spacial score (nSPS) is 14.7. The molecule has 0 heterocycles. The Bertz CT molecular complexity index is 815. The van der Waals surface area contributed by atoms with Crippen molar-refractivity contribution in [2.75, 3.05) is 5.32 Å². The highest BCUT2D eigenvalue weighted by Gasteiger charge is 2.56. The van der Waals surface area contributed by atoms with Crippen LogP contribution in [0.1, 0.15) is 18.4 Å². The van der Waals surface area contributed by atoms with Crippen LogP contribution in [0.15, 0.2) is 42.5 Å². The maximum absolute atomic E-state index is 12.6. The van der Waals surface area contributed by atoms with Crippen LogP contribution >= 0.6 is 34.8 Å². The summed E-state index contributed by atoms with van der Waals surface area (Å²) in [4.78, 5) is 25.1. The number of carbonyl (C=O) groups is 2. The summed E-state index contributed by atoms with van der Waals surface area (Å²) < 4.78 is 0. The van der Waals surface area contributed by atoms with E-state index in [1.165, 1.54) is 0 Å². The van der Waals surface area contributed by atoms with Crippen molar-refractivity contribution in [2.45, 2.75) is 19.4 Å². The molecule has 2 aromatic carbocycles. The molecule has 0 radical (unpaired) electrons. The van der Waals surface area contributed by atoms with E-state index in [0.29, 0.717) is 33.6 Å². The first-order valence-corrected chi connectivity index (χ1v) is 8.83. The van der Waals surface area contributed by atoms with Crippen molar-refractivity contribution < 1.29 is 9.59 Å². The summed E-state index contributed by atoms with van der Waals surface area (Å²) >= 11 is 17.9. The Labute approximate surface area is 160 Å². The summed E-state index contributed by atoms with van der Waals surface area (Å²) in [7, 11) is 0. The summed E-state index contributed by atoms with van der Waals surface area (Å²) in [5.74, 6) is -0.666. The Morgan fingerprint density at radius 1 is 0.960 bits per heavy atom. The fraction of sp³-hybridized carbons (Fsp3) is 0.222. The first kappa shape index (κ1) is 18.1. The number of amides is 2. The lowest BCUT2D eigenvalue weighted by atomic mass is 10.0. The van der Waals surface area contributed by atoms with Crippen molar-refractivity contribution >= 4 is 52.3 Å². The summed E-state index contributed by atoms with van der Waals surface area (Å²) in [5.41, 5.74) is 0.221. The van der Waals surface area contributed by atoms with E-state index in [-0.39, 0.29) is 18.4 Å². The molecule has 0 aromatic heterocycles. The highest BCUT2D eigenvalue weighted by Crippen LogP contribution is 2.47. The van der Waals surface area contributed by atoms with Gasteiger partial charge in [0.25, 0.3) is 0 Å². The molecule has 2 amide bonds. The number of hydrogen-bond donors (Lipinski definition) is 2. The molecule has 1 fully saturated rings. The van der Waals surface area contributed by atoms with Gasteiger partial charge in [-0.2, -0.15) is 0 Å². The van der Waals surface area contributed by atoms with Crippen LogP contribution < -0.4 is 10.6 Å². The molecule has 0 aliphatic heterocycles. The van der Waals surface area contributed by atoms with Crippen LogP contribution in [0.3, 0.4) is 0 Å². The third-order valence-electron chi connectivity index (χ3n) is 4.14. The minimum Gasteiger partial charge on any atom is -0.351 e. The molecule has 3 rings (SSSR count). The summed E-state index contributed by atoms with van der Waals surface area (Å²) in [6, 6.07) is 12.0. The van der Waals surface area contributed by atoms with Crippen molar-refractivity contribution in [3.63, 3.8) is 0 Å². The quantitative estimate of drug-likeness (QED) is 0.720. The SMILES string of the molecule is O=C(NCc1ccccc1Cl)C1(C(=O)Nc2cc(Cl)cc(Cl)c2)CC1. The number of benzene rings is 2. The van der Waals surface area contributed by atoms with Crippen molar-refractivity contribution in [1.82, 2.24) is 5.32 Å². The second kappa shape index (κ2) is 7.24. The Morgan fingerprint density at radius 2 is 1.60 bits per heavy atom. The molecule has 0 unspecified atom stereocenters. The zero-order valence-corrected chi connectivity index (χ0v) is 15.4. The van der Waals surface area contributed by atoms with E-state index in [1.54, 1.807) is 24.3 Å². The highest BCUT2D eigenvalue weighted by molar-refractivity contribution is 6.35. The molecule has 0 atom stereocenters. The van der Waals surface area contributed by atoms with Crippen LogP contribution in [0.5, 0.6) is 0 Å². The fourth-order valence-electron chi connectivity index (χ4n) is 2.55. The Hall–Kier alpha value is -1.75. The van der Waals surface area contributed by atoms with Gasteiger partial charge >= 0.3 is 0 Å². The predicted octanol–water partition coefficient (Wildman–Crippen LogP) is 4.68. The van der Waals surface area contributed by atoms with Gasteiger partial charge in [-0.05, 0) is 42.7 Å². The number of anilines is 1. The van der Waals surface area contributed by atoms with Crippen LogP contribution in [0.25, 0.3) is 0 Å². The van der Waals surface area contributed by atoms with Gasteiger partial charge in [0, 0.05) is 27.3 Å². The van der Waals surface area contributed by atoms with Gasteiger partial charge in [-0.1, -0.05) is 53.0 Å². The van der Waals surface area contributed by atoms with Gasteiger partial charge < -0.3 is 10.6 Å². The van der Waals surface area contributed by atoms with E-state index in [4.69, 9.17) is 34.8 Å². The van der Waals surface area contributed by atoms with Gasteiger partial charge in [-0.15, -0.1) is 0 Å². The highest BCUT2D eigenvalue weighted by atomic mass is 35.5. The number of nitrogens with one attached hydrogen (secondary N) is 2. The average molecular weight is 398 g/mol. The van der Waals surface area contributed by atoms with Gasteiger partial charge in [0.1, 0.15) is 5.41 Å². The van der Waals surface area contributed by atoms with E-state index in [9.17, 15) is 9.59 Å². The molecule has 4 nitrogen and oxygen atoms in total. The van der Waals surface area contributed by atoms with Crippen LogP contribution in [0, 0.1) is 5.41 Å². The molecule has 2 aromatic rings. The zero-order chi connectivity index (χ0) is 18.0. The third kappa shape index (κ3) is 4.09. The predicted molar refractivity (Wildman–Crippen MR) is 100 cm³/mol. The number of carbonyl (C=O) groups excluding carboxylic acids is 2.